The topological polar surface area (TPSA) is 105 Å². The molecule has 21 heavy (non-hydrogen) atoms. The number of ether oxygens (including phenoxy) is 2. The van der Waals surface area contributed by atoms with E-state index in [2.05, 4.69) is 10.1 Å². The zero-order chi connectivity index (χ0) is 15.7. The first kappa shape index (κ1) is 17.2. The predicted octanol–water partition coefficient (Wildman–Crippen LogP) is 0.215. The summed E-state index contributed by atoms with van der Waals surface area (Å²) in [5, 5.41) is 11.2. The van der Waals surface area contributed by atoms with Crippen molar-refractivity contribution in [3.63, 3.8) is 0 Å². The maximum absolute atomic E-state index is 11.9. The molecule has 1 saturated heterocycles. The largest absolute Gasteiger partial charge is 0.481 e. The number of carbonyl (C=O) groups is 3. The molecular formula is C13H22N2O6. The summed E-state index contributed by atoms with van der Waals surface area (Å²) >= 11 is 0. The second-order valence-corrected chi connectivity index (χ2v) is 4.76. The first-order valence-electron chi connectivity index (χ1n) is 6.98. The van der Waals surface area contributed by atoms with E-state index in [0.29, 0.717) is 26.1 Å². The van der Waals surface area contributed by atoms with E-state index in [1.165, 1.54) is 12.0 Å². The number of unbranched alkanes of at least 4 members (excludes halogenated alkanes) is 2. The number of carboxylic acid groups (broad SMARTS) is 1. The summed E-state index contributed by atoms with van der Waals surface area (Å²) in [5.74, 6) is -1.29. The van der Waals surface area contributed by atoms with Crippen molar-refractivity contribution in [2.75, 3.05) is 33.4 Å². The van der Waals surface area contributed by atoms with Gasteiger partial charge in [0.2, 0.25) is 0 Å². The molecule has 1 aliphatic heterocycles. The van der Waals surface area contributed by atoms with Gasteiger partial charge in [-0.05, 0) is 12.8 Å². The highest BCUT2D eigenvalue weighted by atomic mass is 16.6. The highest BCUT2D eigenvalue weighted by Gasteiger charge is 2.29. The monoisotopic (exact) mass is 302 g/mol. The van der Waals surface area contributed by atoms with Crippen LogP contribution in [0, 0.1) is 0 Å². The summed E-state index contributed by atoms with van der Waals surface area (Å²) in [7, 11) is 1.28. The summed E-state index contributed by atoms with van der Waals surface area (Å²) in [6, 6.07) is -0.245. The van der Waals surface area contributed by atoms with E-state index in [0.717, 1.165) is 12.8 Å². The van der Waals surface area contributed by atoms with Crippen molar-refractivity contribution in [1.82, 2.24) is 10.2 Å². The van der Waals surface area contributed by atoms with Gasteiger partial charge in [0.1, 0.15) is 0 Å². The molecule has 1 unspecified atom stereocenters. The second-order valence-electron chi connectivity index (χ2n) is 4.76. The van der Waals surface area contributed by atoms with Gasteiger partial charge in [-0.15, -0.1) is 0 Å². The van der Waals surface area contributed by atoms with Gasteiger partial charge < -0.3 is 24.8 Å². The van der Waals surface area contributed by atoms with E-state index < -0.39 is 18.0 Å². The summed E-state index contributed by atoms with van der Waals surface area (Å²) in [5.41, 5.74) is 0. The predicted molar refractivity (Wildman–Crippen MR) is 72.8 cm³/mol. The van der Waals surface area contributed by atoms with E-state index in [-0.39, 0.29) is 19.0 Å². The number of rotatable bonds is 7. The lowest BCUT2D eigenvalue weighted by Gasteiger charge is -2.31. The quantitative estimate of drug-likeness (QED) is 0.514. The van der Waals surface area contributed by atoms with Crippen LogP contribution in [0.1, 0.15) is 25.7 Å². The number of carbonyl (C=O) groups excluding carboxylic acids is 2. The number of carboxylic acids is 1. The lowest BCUT2D eigenvalue weighted by Crippen LogP contribution is -2.52. The number of nitrogens with one attached hydrogen (secondary N) is 1. The fourth-order valence-corrected chi connectivity index (χ4v) is 1.99. The van der Waals surface area contributed by atoms with Crippen molar-refractivity contribution in [3.8, 4) is 0 Å². The lowest BCUT2D eigenvalue weighted by molar-refractivity contribution is -0.158. The summed E-state index contributed by atoms with van der Waals surface area (Å²) in [4.78, 5) is 35.1. The Kier molecular flexibility index (Phi) is 7.52. The molecule has 1 rings (SSSR count). The van der Waals surface area contributed by atoms with Crippen LogP contribution in [0.5, 0.6) is 0 Å². The van der Waals surface area contributed by atoms with Crippen molar-refractivity contribution < 1.29 is 29.0 Å². The van der Waals surface area contributed by atoms with Crippen LogP contribution in [0.4, 0.5) is 4.79 Å². The van der Waals surface area contributed by atoms with Crippen LogP contribution in [0.25, 0.3) is 0 Å². The van der Waals surface area contributed by atoms with Crippen LogP contribution >= 0.6 is 0 Å². The number of aliphatic carboxylic acids is 1. The molecule has 0 spiro atoms. The third kappa shape index (κ3) is 6.44. The molecule has 2 N–H and O–H groups in total. The number of hydrogen-bond donors (Lipinski definition) is 2. The van der Waals surface area contributed by atoms with E-state index in [4.69, 9.17) is 9.84 Å². The molecule has 1 fully saturated rings. The van der Waals surface area contributed by atoms with E-state index >= 15 is 0 Å². The molecule has 0 radical (unpaired) electrons. The Morgan fingerprint density at radius 1 is 1.33 bits per heavy atom. The van der Waals surface area contributed by atoms with Crippen molar-refractivity contribution in [2.24, 2.45) is 0 Å². The zero-order valence-electron chi connectivity index (χ0n) is 12.2. The molecule has 0 aromatic heterocycles. The number of urea groups is 1. The van der Waals surface area contributed by atoms with Gasteiger partial charge in [-0.2, -0.15) is 0 Å². The fraction of sp³-hybridized carbons (Fsp3) is 0.769. The third-order valence-corrected chi connectivity index (χ3v) is 3.16. The summed E-state index contributed by atoms with van der Waals surface area (Å²) in [6.45, 7) is 1.39. The van der Waals surface area contributed by atoms with E-state index in [1.807, 2.05) is 0 Å². The Bertz CT molecular complexity index is 374. The number of nitrogens with zero attached hydrogens (tertiary/aromatic N) is 1. The minimum absolute atomic E-state index is 0.151. The van der Waals surface area contributed by atoms with Gasteiger partial charge in [-0.3, -0.25) is 4.79 Å². The molecule has 0 aromatic carbocycles. The normalized spacial score (nSPS) is 18.1. The number of amides is 2. The summed E-state index contributed by atoms with van der Waals surface area (Å²) < 4.78 is 9.83. The number of esters is 1. The standard InChI is InChI=1S/C13H22N2O6/c1-20-12(18)10-9-15(7-8-21-10)13(19)14-6-4-2-3-5-11(16)17/h10H,2-9H2,1H3,(H,14,19)(H,16,17). The maximum Gasteiger partial charge on any atom is 0.336 e. The zero-order valence-corrected chi connectivity index (χ0v) is 12.2. The molecule has 8 heteroatoms. The highest BCUT2D eigenvalue weighted by molar-refractivity contribution is 5.78. The molecular weight excluding hydrogens is 280 g/mol. The molecule has 1 aliphatic rings. The number of methoxy groups -OCH3 is 1. The Morgan fingerprint density at radius 3 is 2.76 bits per heavy atom. The minimum Gasteiger partial charge on any atom is -0.481 e. The molecule has 0 aliphatic carbocycles. The van der Waals surface area contributed by atoms with Gasteiger partial charge in [0, 0.05) is 19.5 Å². The Morgan fingerprint density at radius 2 is 2.10 bits per heavy atom. The van der Waals surface area contributed by atoms with Crippen LogP contribution in [-0.4, -0.2) is 67.4 Å². The van der Waals surface area contributed by atoms with Crippen LogP contribution in [0.2, 0.25) is 0 Å². The number of hydrogen-bond acceptors (Lipinski definition) is 5. The minimum atomic E-state index is -0.804. The van der Waals surface area contributed by atoms with Gasteiger partial charge in [-0.1, -0.05) is 6.42 Å². The molecule has 0 bridgehead atoms. The highest BCUT2D eigenvalue weighted by Crippen LogP contribution is 2.07. The molecule has 1 atom stereocenters. The average Bonchev–Trinajstić information content (AvgIpc) is 2.49. The SMILES string of the molecule is COC(=O)C1CN(C(=O)NCCCCCC(=O)O)CCO1. The third-order valence-electron chi connectivity index (χ3n) is 3.16. The van der Waals surface area contributed by atoms with Crippen molar-refractivity contribution in [3.05, 3.63) is 0 Å². The average molecular weight is 302 g/mol. The van der Waals surface area contributed by atoms with Crippen LogP contribution in [0.3, 0.4) is 0 Å². The van der Waals surface area contributed by atoms with Gasteiger partial charge >= 0.3 is 18.0 Å². The van der Waals surface area contributed by atoms with Crippen molar-refractivity contribution in [2.45, 2.75) is 31.8 Å². The van der Waals surface area contributed by atoms with E-state index in [1.54, 1.807) is 0 Å². The Hall–Kier alpha value is -1.83. The van der Waals surface area contributed by atoms with Crippen LogP contribution < -0.4 is 5.32 Å². The summed E-state index contributed by atoms with van der Waals surface area (Å²) in [6.07, 6.45) is 1.50. The van der Waals surface area contributed by atoms with E-state index in [9.17, 15) is 14.4 Å². The molecule has 8 nitrogen and oxygen atoms in total. The Balaban J connectivity index is 2.19. The lowest BCUT2D eigenvalue weighted by atomic mass is 10.2. The fourth-order valence-electron chi connectivity index (χ4n) is 1.99. The molecule has 2 amide bonds. The van der Waals surface area contributed by atoms with Crippen LogP contribution in [0.15, 0.2) is 0 Å². The Labute approximate surface area is 123 Å². The smallest absolute Gasteiger partial charge is 0.336 e. The van der Waals surface area contributed by atoms with Crippen molar-refractivity contribution in [1.29, 1.82) is 0 Å². The molecule has 120 valence electrons. The first-order valence-corrected chi connectivity index (χ1v) is 6.98. The van der Waals surface area contributed by atoms with Gasteiger partial charge in [-0.25, -0.2) is 9.59 Å². The molecule has 0 aromatic rings. The van der Waals surface area contributed by atoms with Gasteiger partial charge in [0.25, 0.3) is 0 Å². The van der Waals surface area contributed by atoms with Gasteiger partial charge in [0.05, 0.1) is 20.3 Å². The van der Waals surface area contributed by atoms with Crippen molar-refractivity contribution >= 4 is 18.0 Å². The number of morpholine rings is 1. The van der Waals surface area contributed by atoms with Crippen LogP contribution in [-0.2, 0) is 19.1 Å². The second kappa shape index (κ2) is 9.17. The molecule has 1 heterocycles. The van der Waals surface area contributed by atoms with Gasteiger partial charge in [0.15, 0.2) is 6.10 Å². The maximum atomic E-state index is 11.9. The molecule has 0 saturated carbocycles. The first-order chi connectivity index (χ1) is 10.0.